The lowest BCUT2D eigenvalue weighted by molar-refractivity contribution is 0.0583. The van der Waals surface area contributed by atoms with Gasteiger partial charge in [-0.25, -0.2) is 4.98 Å². The van der Waals surface area contributed by atoms with Gasteiger partial charge in [-0.15, -0.1) is 11.3 Å². The number of H-pyrrole nitrogens is 1. The SMILES string of the molecule is C[C@H](c1nccs1)N1CCN(C(=O)c2cc(=O)[nH]c3ccccc23)CC1. The number of hydrogen-bond donors (Lipinski definition) is 1. The van der Waals surface area contributed by atoms with E-state index >= 15 is 0 Å². The molecule has 0 aliphatic carbocycles. The number of fused-ring (bicyclic) bond motifs is 1. The van der Waals surface area contributed by atoms with Crippen LogP contribution >= 0.6 is 11.3 Å². The molecule has 1 aliphatic heterocycles. The molecule has 4 rings (SSSR count). The number of amides is 1. The third kappa shape index (κ3) is 3.15. The summed E-state index contributed by atoms with van der Waals surface area (Å²) >= 11 is 1.66. The number of pyridine rings is 1. The van der Waals surface area contributed by atoms with Crippen LogP contribution in [0.4, 0.5) is 0 Å². The highest BCUT2D eigenvalue weighted by atomic mass is 32.1. The van der Waals surface area contributed by atoms with Gasteiger partial charge in [-0.3, -0.25) is 14.5 Å². The number of carbonyl (C=O) groups is 1. The number of nitrogens with one attached hydrogen (secondary N) is 1. The first-order chi connectivity index (χ1) is 12.6. The van der Waals surface area contributed by atoms with Crippen LogP contribution in [0.1, 0.15) is 28.3 Å². The second-order valence-electron chi connectivity index (χ2n) is 6.47. The minimum Gasteiger partial charge on any atom is -0.336 e. The average molecular weight is 368 g/mol. The lowest BCUT2D eigenvalue weighted by Crippen LogP contribution is -2.49. The van der Waals surface area contributed by atoms with Gasteiger partial charge in [-0.1, -0.05) is 18.2 Å². The smallest absolute Gasteiger partial charge is 0.254 e. The number of aromatic amines is 1. The number of nitrogens with zero attached hydrogens (tertiary/aromatic N) is 3. The van der Waals surface area contributed by atoms with Crippen LogP contribution in [0.3, 0.4) is 0 Å². The predicted molar refractivity (Wildman–Crippen MR) is 103 cm³/mol. The van der Waals surface area contributed by atoms with Gasteiger partial charge < -0.3 is 9.88 Å². The fourth-order valence-corrected chi connectivity index (χ4v) is 4.19. The van der Waals surface area contributed by atoms with E-state index < -0.39 is 0 Å². The molecular weight excluding hydrogens is 348 g/mol. The number of para-hydroxylation sites is 1. The zero-order valence-corrected chi connectivity index (χ0v) is 15.3. The molecule has 26 heavy (non-hydrogen) atoms. The summed E-state index contributed by atoms with van der Waals surface area (Å²) in [5.41, 5.74) is 0.924. The minimum absolute atomic E-state index is 0.0751. The lowest BCUT2D eigenvalue weighted by Gasteiger charge is -2.37. The summed E-state index contributed by atoms with van der Waals surface area (Å²) in [5.74, 6) is -0.0751. The van der Waals surface area contributed by atoms with Gasteiger partial charge in [-0.2, -0.15) is 0 Å². The molecule has 1 aromatic carbocycles. The molecule has 0 bridgehead atoms. The van der Waals surface area contributed by atoms with E-state index in [1.165, 1.54) is 6.07 Å². The zero-order chi connectivity index (χ0) is 18.1. The Morgan fingerprint density at radius 3 is 2.73 bits per heavy atom. The second-order valence-corrected chi connectivity index (χ2v) is 7.39. The molecule has 0 radical (unpaired) electrons. The van der Waals surface area contributed by atoms with Crippen LogP contribution in [0.25, 0.3) is 10.9 Å². The molecular formula is C19H20N4O2S. The largest absolute Gasteiger partial charge is 0.336 e. The number of thiazole rings is 1. The van der Waals surface area contributed by atoms with Crippen molar-refractivity contribution in [2.45, 2.75) is 13.0 Å². The Morgan fingerprint density at radius 1 is 1.23 bits per heavy atom. The van der Waals surface area contributed by atoms with E-state index in [2.05, 4.69) is 21.8 Å². The average Bonchev–Trinajstić information content (AvgIpc) is 3.21. The Hall–Kier alpha value is -2.51. The van der Waals surface area contributed by atoms with Gasteiger partial charge in [0.1, 0.15) is 5.01 Å². The number of rotatable bonds is 3. The van der Waals surface area contributed by atoms with Gasteiger partial charge in [0.25, 0.3) is 5.91 Å². The van der Waals surface area contributed by atoms with Crippen molar-refractivity contribution >= 4 is 28.1 Å². The van der Waals surface area contributed by atoms with Gasteiger partial charge in [0.2, 0.25) is 5.56 Å². The first kappa shape index (κ1) is 16.9. The summed E-state index contributed by atoms with van der Waals surface area (Å²) in [4.78, 5) is 36.3. The molecule has 1 aliphatic rings. The molecule has 1 fully saturated rings. The van der Waals surface area contributed by atoms with Crippen molar-refractivity contribution in [1.82, 2.24) is 19.8 Å². The first-order valence-corrected chi connectivity index (χ1v) is 9.56. The summed E-state index contributed by atoms with van der Waals surface area (Å²) in [5, 5.41) is 3.88. The van der Waals surface area contributed by atoms with Crippen LogP contribution < -0.4 is 5.56 Å². The van der Waals surface area contributed by atoms with Crippen LogP contribution in [0.2, 0.25) is 0 Å². The summed E-state index contributed by atoms with van der Waals surface area (Å²) < 4.78 is 0. The minimum atomic E-state index is -0.247. The van der Waals surface area contributed by atoms with Gasteiger partial charge in [0.05, 0.1) is 11.6 Å². The van der Waals surface area contributed by atoms with E-state index in [-0.39, 0.29) is 17.5 Å². The van der Waals surface area contributed by atoms with Crippen LogP contribution in [-0.2, 0) is 0 Å². The van der Waals surface area contributed by atoms with Crippen molar-refractivity contribution in [2.75, 3.05) is 26.2 Å². The van der Waals surface area contributed by atoms with Crippen LogP contribution in [0.15, 0.2) is 46.7 Å². The van der Waals surface area contributed by atoms with Gasteiger partial charge in [0, 0.05) is 54.7 Å². The zero-order valence-electron chi connectivity index (χ0n) is 14.5. The van der Waals surface area contributed by atoms with E-state index in [1.54, 1.807) is 11.3 Å². The molecule has 6 nitrogen and oxygen atoms in total. The molecule has 3 heterocycles. The highest BCUT2D eigenvalue weighted by molar-refractivity contribution is 7.09. The Kier molecular flexibility index (Phi) is 4.57. The molecule has 1 amide bonds. The van der Waals surface area contributed by atoms with Crippen molar-refractivity contribution in [3.63, 3.8) is 0 Å². The van der Waals surface area contributed by atoms with Gasteiger partial charge in [-0.05, 0) is 13.0 Å². The van der Waals surface area contributed by atoms with E-state index in [9.17, 15) is 9.59 Å². The number of benzene rings is 1. The van der Waals surface area contributed by atoms with E-state index in [4.69, 9.17) is 0 Å². The third-order valence-electron chi connectivity index (χ3n) is 4.94. The lowest BCUT2D eigenvalue weighted by atomic mass is 10.1. The molecule has 0 spiro atoms. The summed E-state index contributed by atoms with van der Waals surface area (Å²) in [6.45, 7) is 5.05. The fraction of sp³-hybridized carbons (Fsp3) is 0.316. The van der Waals surface area contributed by atoms with Crippen molar-refractivity contribution in [1.29, 1.82) is 0 Å². The Balaban J connectivity index is 1.52. The van der Waals surface area contributed by atoms with Gasteiger partial charge in [0.15, 0.2) is 0 Å². The van der Waals surface area contributed by atoms with E-state index in [1.807, 2.05) is 40.7 Å². The maximum Gasteiger partial charge on any atom is 0.254 e. The van der Waals surface area contributed by atoms with Crippen molar-refractivity contribution < 1.29 is 4.79 Å². The fourth-order valence-electron chi connectivity index (χ4n) is 3.46. The Bertz CT molecular complexity index is 975. The molecule has 7 heteroatoms. The van der Waals surface area contributed by atoms with Gasteiger partial charge >= 0.3 is 0 Å². The molecule has 0 unspecified atom stereocenters. The monoisotopic (exact) mass is 368 g/mol. The maximum atomic E-state index is 13.0. The van der Waals surface area contributed by atoms with Crippen LogP contribution in [-0.4, -0.2) is 51.9 Å². The Labute approximate surface area is 155 Å². The molecule has 0 saturated carbocycles. The number of piperazine rings is 1. The van der Waals surface area contributed by atoms with Crippen LogP contribution in [0.5, 0.6) is 0 Å². The summed E-state index contributed by atoms with van der Waals surface area (Å²) in [6, 6.07) is 9.10. The first-order valence-electron chi connectivity index (χ1n) is 8.68. The molecule has 2 aromatic heterocycles. The highest BCUT2D eigenvalue weighted by Gasteiger charge is 2.27. The van der Waals surface area contributed by atoms with Crippen molar-refractivity contribution in [2.24, 2.45) is 0 Å². The standard InChI is InChI=1S/C19H20N4O2S/c1-13(18-20-6-11-26-18)22-7-9-23(10-8-22)19(25)15-12-17(24)21-16-5-3-2-4-14(15)16/h2-6,11-13H,7-10H2,1H3,(H,21,24)/t13-/m1/s1. The molecule has 3 aromatic rings. The molecule has 1 saturated heterocycles. The molecule has 134 valence electrons. The van der Waals surface area contributed by atoms with E-state index in [0.29, 0.717) is 24.2 Å². The summed E-state index contributed by atoms with van der Waals surface area (Å²) in [6.07, 6.45) is 1.83. The van der Waals surface area contributed by atoms with E-state index in [0.717, 1.165) is 23.5 Å². The number of carbonyl (C=O) groups excluding carboxylic acids is 1. The number of hydrogen-bond acceptors (Lipinski definition) is 5. The van der Waals surface area contributed by atoms with Crippen LogP contribution in [0, 0.1) is 0 Å². The van der Waals surface area contributed by atoms with Crippen molar-refractivity contribution in [3.05, 3.63) is 62.8 Å². The normalized spacial score (nSPS) is 16.7. The summed E-state index contributed by atoms with van der Waals surface area (Å²) in [7, 11) is 0. The highest BCUT2D eigenvalue weighted by Crippen LogP contribution is 2.24. The third-order valence-corrected chi connectivity index (χ3v) is 5.88. The quantitative estimate of drug-likeness (QED) is 0.771. The van der Waals surface area contributed by atoms with Crippen molar-refractivity contribution in [3.8, 4) is 0 Å². The second kappa shape index (κ2) is 7.01. The topological polar surface area (TPSA) is 69.3 Å². The number of aromatic nitrogens is 2. The predicted octanol–water partition coefficient (Wildman–Crippen LogP) is 2.50. The molecule has 1 N–H and O–H groups in total. The Morgan fingerprint density at radius 2 is 2.00 bits per heavy atom. The molecule has 1 atom stereocenters. The maximum absolute atomic E-state index is 13.0.